The average Bonchev–Trinajstić information content (AvgIpc) is 2.41. The molecular formula is C15H12ClFOS. The molecule has 1 unspecified atom stereocenters. The molecule has 0 bridgehead atoms. The summed E-state index contributed by atoms with van der Waals surface area (Å²) in [6, 6.07) is 13.3. The first-order chi connectivity index (χ1) is 9.15. The van der Waals surface area contributed by atoms with Gasteiger partial charge in [0.05, 0.1) is 0 Å². The smallest absolute Gasteiger partial charge is 0.137 e. The molecule has 1 atom stereocenters. The fourth-order valence-electron chi connectivity index (χ4n) is 1.55. The van der Waals surface area contributed by atoms with Crippen LogP contribution in [0.5, 0.6) is 0 Å². The van der Waals surface area contributed by atoms with Gasteiger partial charge in [-0.05, 0) is 41.0 Å². The summed E-state index contributed by atoms with van der Waals surface area (Å²) in [7, 11) is 0. The van der Waals surface area contributed by atoms with Crippen molar-refractivity contribution in [3.05, 3.63) is 75.9 Å². The number of hydrogen-bond donors (Lipinski definition) is 0. The minimum atomic E-state index is -1.15. The van der Waals surface area contributed by atoms with E-state index in [1.807, 2.05) is 18.2 Å². The van der Waals surface area contributed by atoms with Crippen LogP contribution in [0.25, 0.3) is 6.08 Å². The second-order valence-corrected chi connectivity index (χ2v) is 5.70. The zero-order chi connectivity index (χ0) is 13.7. The lowest BCUT2D eigenvalue weighted by molar-refractivity contribution is 0.603. The first kappa shape index (κ1) is 14.1. The SMILES string of the molecule is [O-][S+](/C=C\c1ccc(F)cc1)Cc1ccccc1Cl. The van der Waals surface area contributed by atoms with Crippen LogP contribution >= 0.6 is 11.6 Å². The topological polar surface area (TPSA) is 23.1 Å². The van der Waals surface area contributed by atoms with Crippen LogP contribution in [0.4, 0.5) is 4.39 Å². The summed E-state index contributed by atoms with van der Waals surface area (Å²) in [5.74, 6) is 0.0894. The maximum absolute atomic E-state index is 12.7. The Labute approximate surface area is 119 Å². The standard InChI is InChI=1S/C15H12ClFOS/c16-15-4-2-1-3-13(15)11-19(18)10-9-12-5-7-14(17)8-6-12/h1-10H,11H2/b10-9-. The second-order valence-electron chi connectivity index (χ2n) is 3.97. The van der Waals surface area contributed by atoms with Gasteiger partial charge in [0.25, 0.3) is 0 Å². The maximum atomic E-state index is 12.7. The summed E-state index contributed by atoms with van der Waals surface area (Å²) in [6.07, 6.45) is 1.71. The second kappa shape index (κ2) is 6.75. The van der Waals surface area contributed by atoms with Gasteiger partial charge < -0.3 is 4.55 Å². The summed E-state index contributed by atoms with van der Waals surface area (Å²) < 4.78 is 24.6. The molecule has 0 aromatic heterocycles. The van der Waals surface area contributed by atoms with E-state index in [2.05, 4.69) is 0 Å². The van der Waals surface area contributed by atoms with Crippen LogP contribution in [-0.4, -0.2) is 4.55 Å². The van der Waals surface area contributed by atoms with E-state index >= 15 is 0 Å². The molecule has 4 heteroatoms. The van der Waals surface area contributed by atoms with E-state index in [0.717, 1.165) is 11.1 Å². The molecule has 0 heterocycles. The summed E-state index contributed by atoms with van der Waals surface area (Å²) >= 11 is 4.86. The lowest BCUT2D eigenvalue weighted by atomic mass is 10.2. The van der Waals surface area contributed by atoms with Crippen LogP contribution < -0.4 is 0 Å². The Kier molecular flexibility index (Phi) is 5.02. The van der Waals surface area contributed by atoms with E-state index in [0.29, 0.717) is 10.8 Å². The quantitative estimate of drug-likeness (QED) is 0.767. The fourth-order valence-corrected chi connectivity index (χ4v) is 2.79. The van der Waals surface area contributed by atoms with Gasteiger partial charge in [0.2, 0.25) is 0 Å². The Morgan fingerprint density at radius 3 is 2.47 bits per heavy atom. The van der Waals surface area contributed by atoms with Crippen LogP contribution in [-0.2, 0) is 16.9 Å². The number of hydrogen-bond acceptors (Lipinski definition) is 1. The molecule has 2 aromatic carbocycles. The van der Waals surface area contributed by atoms with Crippen LogP contribution in [0.2, 0.25) is 5.02 Å². The van der Waals surface area contributed by atoms with Crippen molar-refractivity contribution in [1.29, 1.82) is 0 Å². The molecule has 2 rings (SSSR count). The predicted octanol–water partition coefficient (Wildman–Crippen LogP) is 4.40. The summed E-state index contributed by atoms with van der Waals surface area (Å²) in [4.78, 5) is 0. The molecular weight excluding hydrogens is 283 g/mol. The van der Waals surface area contributed by atoms with E-state index in [1.165, 1.54) is 12.1 Å². The van der Waals surface area contributed by atoms with Crippen molar-refractivity contribution in [2.75, 3.05) is 0 Å². The summed E-state index contributed by atoms with van der Waals surface area (Å²) in [5.41, 5.74) is 1.67. The maximum Gasteiger partial charge on any atom is 0.137 e. The van der Waals surface area contributed by atoms with Gasteiger partial charge in [0, 0.05) is 10.6 Å². The molecule has 0 N–H and O–H groups in total. The highest BCUT2D eigenvalue weighted by Gasteiger charge is 2.07. The molecule has 0 radical (unpaired) electrons. The molecule has 0 saturated heterocycles. The van der Waals surface area contributed by atoms with E-state index in [1.54, 1.807) is 29.7 Å². The Hall–Kier alpha value is -1.29. The highest BCUT2D eigenvalue weighted by Crippen LogP contribution is 2.18. The molecule has 0 aliphatic rings. The normalized spacial score (nSPS) is 12.8. The van der Waals surface area contributed by atoms with E-state index in [-0.39, 0.29) is 5.82 Å². The van der Waals surface area contributed by atoms with Crippen LogP contribution in [0.1, 0.15) is 11.1 Å². The zero-order valence-electron chi connectivity index (χ0n) is 10.1. The third kappa shape index (κ3) is 4.39. The van der Waals surface area contributed by atoms with Crippen LogP contribution in [0.15, 0.2) is 53.9 Å². The lowest BCUT2D eigenvalue weighted by Gasteiger charge is -2.07. The van der Waals surface area contributed by atoms with Gasteiger partial charge in [0.1, 0.15) is 17.0 Å². The van der Waals surface area contributed by atoms with Crippen molar-refractivity contribution in [1.82, 2.24) is 0 Å². The molecule has 1 nitrogen and oxygen atoms in total. The number of halogens is 2. The Morgan fingerprint density at radius 2 is 1.79 bits per heavy atom. The molecule has 0 spiro atoms. The van der Waals surface area contributed by atoms with E-state index < -0.39 is 11.2 Å². The van der Waals surface area contributed by atoms with Crippen molar-refractivity contribution in [3.63, 3.8) is 0 Å². The highest BCUT2D eigenvalue weighted by atomic mass is 35.5. The average molecular weight is 295 g/mol. The molecule has 19 heavy (non-hydrogen) atoms. The predicted molar refractivity (Wildman–Crippen MR) is 78.7 cm³/mol. The minimum absolute atomic E-state index is 0.283. The molecule has 0 aliphatic heterocycles. The summed E-state index contributed by atoms with van der Waals surface area (Å²) in [6.45, 7) is 0. The van der Waals surface area contributed by atoms with Gasteiger partial charge in [-0.1, -0.05) is 41.9 Å². The highest BCUT2D eigenvalue weighted by molar-refractivity contribution is 7.93. The molecule has 98 valence electrons. The first-order valence-corrected chi connectivity index (χ1v) is 7.45. The van der Waals surface area contributed by atoms with Gasteiger partial charge in [-0.3, -0.25) is 0 Å². The Morgan fingerprint density at radius 1 is 1.11 bits per heavy atom. The third-order valence-electron chi connectivity index (χ3n) is 2.54. The Bertz CT molecular complexity index is 569. The zero-order valence-corrected chi connectivity index (χ0v) is 11.6. The van der Waals surface area contributed by atoms with Crippen molar-refractivity contribution < 1.29 is 8.94 Å². The van der Waals surface area contributed by atoms with Crippen molar-refractivity contribution in [2.45, 2.75) is 5.75 Å². The number of rotatable bonds is 4. The van der Waals surface area contributed by atoms with E-state index in [4.69, 9.17) is 11.6 Å². The monoisotopic (exact) mass is 294 g/mol. The van der Waals surface area contributed by atoms with Crippen LogP contribution in [0.3, 0.4) is 0 Å². The molecule has 0 saturated carbocycles. The Balaban J connectivity index is 1.99. The van der Waals surface area contributed by atoms with Crippen LogP contribution in [0, 0.1) is 5.82 Å². The minimum Gasteiger partial charge on any atom is -0.612 e. The van der Waals surface area contributed by atoms with Gasteiger partial charge in [-0.25, -0.2) is 4.39 Å². The largest absolute Gasteiger partial charge is 0.612 e. The van der Waals surface area contributed by atoms with Crippen molar-refractivity contribution >= 4 is 28.9 Å². The number of benzene rings is 2. The van der Waals surface area contributed by atoms with Gasteiger partial charge in [-0.15, -0.1) is 0 Å². The van der Waals surface area contributed by atoms with Crippen molar-refractivity contribution in [3.8, 4) is 0 Å². The third-order valence-corrected chi connectivity index (χ3v) is 3.94. The van der Waals surface area contributed by atoms with Gasteiger partial charge in [0.15, 0.2) is 0 Å². The molecule has 0 fully saturated rings. The molecule has 0 aliphatic carbocycles. The lowest BCUT2D eigenvalue weighted by Crippen LogP contribution is -2.00. The van der Waals surface area contributed by atoms with E-state index in [9.17, 15) is 8.94 Å². The van der Waals surface area contributed by atoms with Gasteiger partial charge in [-0.2, -0.15) is 0 Å². The van der Waals surface area contributed by atoms with Crippen molar-refractivity contribution in [2.24, 2.45) is 0 Å². The summed E-state index contributed by atoms with van der Waals surface area (Å²) in [5, 5.41) is 2.21. The first-order valence-electron chi connectivity index (χ1n) is 5.69. The fraction of sp³-hybridized carbons (Fsp3) is 0.0667. The molecule has 2 aromatic rings. The molecule has 0 amide bonds. The van der Waals surface area contributed by atoms with Gasteiger partial charge >= 0.3 is 0 Å².